The van der Waals surface area contributed by atoms with E-state index in [9.17, 15) is 13.2 Å². The van der Waals surface area contributed by atoms with Gasteiger partial charge in [0.05, 0.1) is 15.8 Å². The molecule has 0 radical (unpaired) electrons. The van der Waals surface area contributed by atoms with Crippen LogP contribution in [-0.2, 0) is 6.18 Å². The van der Waals surface area contributed by atoms with E-state index >= 15 is 0 Å². The second-order valence-corrected chi connectivity index (χ2v) is 6.83. The van der Waals surface area contributed by atoms with E-state index in [-0.39, 0.29) is 11.5 Å². The minimum atomic E-state index is -4.39. The standard InChI is InChI=1S/C18H13F3N6S/c19-18(20,21)10-5-7-11(8-6-10)25-15-14(22)16(24-9-23-15)27-17-26-12-3-1-2-4-13(12)28-17/h1-9H,22H2,(H2,23,24,25,26,27). The number of alkyl halides is 3. The summed E-state index contributed by atoms with van der Waals surface area (Å²) in [6.45, 7) is 0. The zero-order valence-corrected chi connectivity index (χ0v) is 15.0. The molecule has 28 heavy (non-hydrogen) atoms. The number of fused-ring (bicyclic) bond motifs is 1. The number of hydrogen-bond acceptors (Lipinski definition) is 7. The monoisotopic (exact) mass is 402 g/mol. The summed E-state index contributed by atoms with van der Waals surface area (Å²) in [5.41, 5.74) is 6.89. The van der Waals surface area contributed by atoms with Gasteiger partial charge in [-0.05, 0) is 36.4 Å². The van der Waals surface area contributed by atoms with E-state index in [0.29, 0.717) is 16.6 Å². The van der Waals surface area contributed by atoms with Gasteiger partial charge in [0, 0.05) is 5.69 Å². The minimum Gasteiger partial charge on any atom is -0.393 e. The zero-order chi connectivity index (χ0) is 19.7. The van der Waals surface area contributed by atoms with Gasteiger partial charge in [-0.25, -0.2) is 15.0 Å². The SMILES string of the molecule is Nc1c(Nc2ccc(C(F)(F)F)cc2)ncnc1Nc1nc2ccccc2s1. The Morgan fingerprint density at radius 1 is 0.893 bits per heavy atom. The van der Waals surface area contributed by atoms with Crippen molar-refractivity contribution >= 4 is 49.7 Å². The topological polar surface area (TPSA) is 88.8 Å². The van der Waals surface area contributed by atoms with E-state index in [2.05, 4.69) is 25.6 Å². The number of thiazole rings is 1. The number of benzene rings is 2. The number of nitrogens with zero attached hydrogens (tertiary/aromatic N) is 3. The molecule has 2 aromatic heterocycles. The second kappa shape index (κ2) is 6.97. The first-order chi connectivity index (χ1) is 13.4. The van der Waals surface area contributed by atoms with Gasteiger partial charge in [0.2, 0.25) is 0 Å². The summed E-state index contributed by atoms with van der Waals surface area (Å²) >= 11 is 1.45. The summed E-state index contributed by atoms with van der Waals surface area (Å²) in [5, 5.41) is 6.58. The predicted octanol–water partition coefficient (Wildman–Crippen LogP) is 5.17. The molecular weight excluding hydrogens is 389 g/mol. The molecule has 0 spiro atoms. The third kappa shape index (κ3) is 3.67. The van der Waals surface area contributed by atoms with E-state index in [1.54, 1.807) is 0 Å². The van der Waals surface area contributed by atoms with Crippen molar-refractivity contribution in [3.05, 3.63) is 60.4 Å². The number of nitrogens with one attached hydrogen (secondary N) is 2. The van der Waals surface area contributed by atoms with Crippen LogP contribution in [0.4, 0.5) is 41.3 Å². The smallest absolute Gasteiger partial charge is 0.393 e. The maximum absolute atomic E-state index is 12.7. The van der Waals surface area contributed by atoms with Gasteiger partial charge in [-0.1, -0.05) is 23.5 Å². The van der Waals surface area contributed by atoms with Crippen molar-refractivity contribution in [3.8, 4) is 0 Å². The third-order valence-electron chi connectivity index (χ3n) is 3.88. The van der Waals surface area contributed by atoms with E-state index in [0.717, 1.165) is 22.3 Å². The van der Waals surface area contributed by atoms with Crippen molar-refractivity contribution in [2.75, 3.05) is 16.4 Å². The summed E-state index contributed by atoms with van der Waals surface area (Å²) < 4.78 is 39.0. The number of para-hydroxylation sites is 1. The molecule has 0 bridgehead atoms. The first-order valence-corrected chi connectivity index (χ1v) is 8.89. The molecule has 0 saturated carbocycles. The fourth-order valence-corrected chi connectivity index (χ4v) is 3.37. The first-order valence-electron chi connectivity index (χ1n) is 8.07. The van der Waals surface area contributed by atoms with Crippen LogP contribution < -0.4 is 16.4 Å². The molecule has 0 aliphatic heterocycles. The molecule has 4 N–H and O–H groups in total. The largest absolute Gasteiger partial charge is 0.416 e. The quantitative estimate of drug-likeness (QED) is 0.436. The number of nitrogen functional groups attached to an aromatic ring is 1. The van der Waals surface area contributed by atoms with E-state index < -0.39 is 11.7 Å². The van der Waals surface area contributed by atoms with E-state index in [1.807, 2.05) is 24.3 Å². The molecule has 6 nitrogen and oxygen atoms in total. The summed E-state index contributed by atoms with van der Waals surface area (Å²) in [6, 6.07) is 12.3. The van der Waals surface area contributed by atoms with Gasteiger partial charge in [-0.15, -0.1) is 0 Å². The summed E-state index contributed by atoms with van der Waals surface area (Å²) in [5.74, 6) is 0.627. The highest BCUT2D eigenvalue weighted by Crippen LogP contribution is 2.33. The Balaban J connectivity index is 1.56. The van der Waals surface area contributed by atoms with Crippen molar-refractivity contribution in [1.82, 2.24) is 15.0 Å². The molecule has 10 heteroatoms. The highest BCUT2D eigenvalue weighted by Gasteiger charge is 2.30. The van der Waals surface area contributed by atoms with Crippen molar-refractivity contribution in [1.29, 1.82) is 0 Å². The number of rotatable bonds is 4. The first kappa shape index (κ1) is 18.0. The van der Waals surface area contributed by atoms with Gasteiger partial charge in [-0.3, -0.25) is 0 Å². The van der Waals surface area contributed by atoms with E-state index in [4.69, 9.17) is 5.73 Å². The Kier molecular flexibility index (Phi) is 4.47. The van der Waals surface area contributed by atoms with Crippen LogP contribution in [0.25, 0.3) is 10.2 Å². The molecule has 0 unspecified atom stereocenters. The van der Waals surface area contributed by atoms with Crippen LogP contribution in [0.2, 0.25) is 0 Å². The van der Waals surface area contributed by atoms with Crippen LogP contribution in [0.3, 0.4) is 0 Å². The van der Waals surface area contributed by atoms with Gasteiger partial charge in [0.15, 0.2) is 16.8 Å². The highest BCUT2D eigenvalue weighted by atomic mass is 32.1. The van der Waals surface area contributed by atoms with Crippen LogP contribution in [0.5, 0.6) is 0 Å². The molecule has 0 amide bonds. The Bertz CT molecular complexity index is 1090. The third-order valence-corrected chi connectivity index (χ3v) is 4.83. The normalized spacial score (nSPS) is 11.5. The average molecular weight is 402 g/mol. The average Bonchev–Trinajstić information content (AvgIpc) is 3.07. The number of hydrogen-bond donors (Lipinski definition) is 3. The Labute approximate surface area is 161 Å². The molecule has 0 aliphatic carbocycles. The lowest BCUT2D eigenvalue weighted by Crippen LogP contribution is -2.06. The minimum absolute atomic E-state index is 0.224. The molecule has 0 aliphatic rings. The van der Waals surface area contributed by atoms with Crippen molar-refractivity contribution < 1.29 is 13.2 Å². The molecular formula is C18H13F3N6S. The molecule has 4 aromatic rings. The van der Waals surface area contributed by atoms with Gasteiger partial charge < -0.3 is 16.4 Å². The van der Waals surface area contributed by atoms with Crippen molar-refractivity contribution in [2.24, 2.45) is 0 Å². The number of aromatic nitrogens is 3. The summed E-state index contributed by atoms with van der Waals surface area (Å²) in [6.07, 6.45) is -3.08. The van der Waals surface area contributed by atoms with Crippen LogP contribution >= 0.6 is 11.3 Å². The molecule has 0 atom stereocenters. The van der Waals surface area contributed by atoms with Gasteiger partial charge in [-0.2, -0.15) is 13.2 Å². The van der Waals surface area contributed by atoms with Crippen LogP contribution in [-0.4, -0.2) is 15.0 Å². The molecule has 142 valence electrons. The zero-order valence-electron chi connectivity index (χ0n) is 14.2. The molecule has 0 saturated heterocycles. The maximum Gasteiger partial charge on any atom is 0.416 e. The van der Waals surface area contributed by atoms with Crippen LogP contribution in [0, 0.1) is 0 Å². The molecule has 0 fully saturated rings. The van der Waals surface area contributed by atoms with E-state index in [1.165, 1.54) is 29.8 Å². The summed E-state index contributed by atoms with van der Waals surface area (Å²) in [7, 11) is 0. The van der Waals surface area contributed by atoms with Gasteiger partial charge in [0.25, 0.3) is 0 Å². The van der Waals surface area contributed by atoms with Crippen molar-refractivity contribution in [2.45, 2.75) is 6.18 Å². The van der Waals surface area contributed by atoms with Crippen molar-refractivity contribution in [3.63, 3.8) is 0 Å². The Hall–Kier alpha value is -3.40. The lowest BCUT2D eigenvalue weighted by atomic mass is 10.2. The lowest BCUT2D eigenvalue weighted by molar-refractivity contribution is -0.137. The number of nitrogens with two attached hydrogens (primary N) is 1. The molecule has 2 heterocycles. The predicted molar refractivity (Wildman–Crippen MR) is 104 cm³/mol. The van der Waals surface area contributed by atoms with Crippen LogP contribution in [0.1, 0.15) is 5.56 Å². The lowest BCUT2D eigenvalue weighted by Gasteiger charge is -2.12. The summed E-state index contributed by atoms with van der Waals surface area (Å²) in [4.78, 5) is 12.6. The Morgan fingerprint density at radius 3 is 2.25 bits per heavy atom. The Morgan fingerprint density at radius 2 is 1.57 bits per heavy atom. The fraction of sp³-hybridized carbons (Fsp3) is 0.0556. The maximum atomic E-state index is 12.7. The fourth-order valence-electron chi connectivity index (χ4n) is 2.50. The number of halogens is 3. The van der Waals surface area contributed by atoms with Gasteiger partial charge in [0.1, 0.15) is 12.0 Å². The van der Waals surface area contributed by atoms with Gasteiger partial charge >= 0.3 is 6.18 Å². The number of anilines is 5. The highest BCUT2D eigenvalue weighted by molar-refractivity contribution is 7.22. The van der Waals surface area contributed by atoms with Crippen LogP contribution in [0.15, 0.2) is 54.9 Å². The molecule has 2 aromatic carbocycles. The second-order valence-electron chi connectivity index (χ2n) is 5.80. The molecule has 4 rings (SSSR count).